The van der Waals surface area contributed by atoms with E-state index in [1.54, 1.807) is 32.9 Å². The van der Waals surface area contributed by atoms with Crippen molar-refractivity contribution in [1.82, 2.24) is 51.8 Å². The number of H-pyrrole nitrogens is 2. The number of Topliss-reactive ketones (excluding diaryl/α,β-unsaturated/α-hetero) is 1. The zero-order valence-electron chi connectivity index (χ0n) is 46.5. The summed E-state index contributed by atoms with van der Waals surface area (Å²) in [5.74, 6) is -4.33. The maximum Gasteiger partial charge on any atom is 0.342 e. The number of hydrogen-bond donors (Lipinski definition) is 8. The molecule has 2 saturated heterocycles. The van der Waals surface area contributed by atoms with E-state index in [4.69, 9.17) is 14.2 Å². The number of ketones is 1. The quantitative estimate of drug-likeness (QED) is 0.0434. The summed E-state index contributed by atoms with van der Waals surface area (Å²) >= 11 is 0. The van der Waals surface area contributed by atoms with Crippen molar-refractivity contribution in [3.05, 3.63) is 81.7 Å². The lowest BCUT2D eigenvalue weighted by molar-refractivity contribution is -0.133. The number of aromatic nitrogens is 4. The minimum absolute atomic E-state index is 0.00106. The van der Waals surface area contributed by atoms with Crippen LogP contribution in [0.1, 0.15) is 138 Å². The van der Waals surface area contributed by atoms with Gasteiger partial charge < -0.3 is 56.1 Å². The molecule has 2 fully saturated rings. The fourth-order valence-corrected chi connectivity index (χ4v) is 11.0. The number of nitrogens with zero attached hydrogens (tertiary/aromatic N) is 3. The van der Waals surface area contributed by atoms with Crippen LogP contribution in [-0.2, 0) is 35.1 Å². The van der Waals surface area contributed by atoms with Crippen LogP contribution in [0.4, 0.5) is 0 Å². The average Bonchev–Trinajstić information content (AvgIpc) is 4.20. The lowest BCUT2D eigenvalue weighted by Gasteiger charge is -2.31. The van der Waals surface area contributed by atoms with E-state index < -0.39 is 78.0 Å². The fraction of sp³-hybridized carbons (Fsp3) is 0.500. The first kappa shape index (κ1) is 57.8. The van der Waals surface area contributed by atoms with Gasteiger partial charge in [-0.05, 0) is 119 Å². The summed E-state index contributed by atoms with van der Waals surface area (Å²) in [6.45, 7) is 13.2. The van der Waals surface area contributed by atoms with Crippen LogP contribution in [0.25, 0.3) is 21.8 Å². The standard InChI is InChI=1S/C58H71N11O11/c1-28(2)16-44(68-57(76)47-24-40-41(65-47)12-11-33-13-15-79-51(33)40)54(73)64-38(25-59)19-36-18-37(26-61-53(36)72)35-21-42-39(49(22-35)78-8)23-46(66-42)56(75)69-45(17-29(3)4)55(74)67-43(20-34-10-9-14-60-52(34)71)48(70)27-80-58(77)50-30(5)62-32(7)63-31(50)6/h11-12,21-24,28-29,34,36-38,43-45,65-66H,9-10,13-20,26-27H2,1-8H3,(H,60,71)(H,61,72)(H,64,73)(H,67,74)(H,68,76)(H,69,75)/t34-,36-,37?,38-,43-,44-,45-/m0/s1. The molecular weight excluding hydrogens is 1030 g/mol. The highest BCUT2D eigenvalue weighted by Gasteiger charge is 2.36. The number of hydrogen-bond acceptors (Lipinski definition) is 14. The smallest absolute Gasteiger partial charge is 0.342 e. The molecule has 22 nitrogen and oxygen atoms in total. The lowest BCUT2D eigenvalue weighted by atomic mass is 9.82. The SMILES string of the molecule is COc1cc(C2CNC(=O)[C@H](C[C@@H](C#N)NC(=O)[C@H](CC(C)C)NC(=O)c3cc4c5c(ccc4[nH]3)CCO5)C2)cc2[nH]c(C(=O)N[C@@H](CC(C)C)C(=O)N[C@@H](C[C@@H]3CCCNC3=O)C(=O)COC(=O)c3c(C)nc(C)nc3C)cc12. The molecule has 7 atom stereocenters. The molecule has 3 aromatic heterocycles. The summed E-state index contributed by atoms with van der Waals surface area (Å²) in [6.07, 6.45) is 2.66. The number of fused-ring (bicyclic) bond motifs is 4. The van der Waals surface area contributed by atoms with E-state index in [2.05, 4.69) is 57.9 Å². The van der Waals surface area contributed by atoms with E-state index in [1.165, 1.54) is 7.11 Å². The molecule has 3 aliphatic rings. The largest absolute Gasteiger partial charge is 0.496 e. The first-order valence-electron chi connectivity index (χ1n) is 27.4. The van der Waals surface area contributed by atoms with Crippen LogP contribution < -0.4 is 41.4 Å². The summed E-state index contributed by atoms with van der Waals surface area (Å²) in [5, 5.41) is 28.7. The van der Waals surface area contributed by atoms with Gasteiger partial charge in [0.15, 0.2) is 12.4 Å². The van der Waals surface area contributed by atoms with Crippen molar-refractivity contribution in [3.8, 4) is 17.6 Å². The normalized spacial score (nSPS) is 18.4. The zero-order valence-corrected chi connectivity index (χ0v) is 46.5. The Hall–Kier alpha value is -8.35. The molecule has 6 amide bonds. The number of esters is 1. The van der Waals surface area contributed by atoms with Crippen LogP contribution in [0.15, 0.2) is 36.4 Å². The highest BCUT2D eigenvalue weighted by atomic mass is 16.5. The van der Waals surface area contributed by atoms with Crippen LogP contribution in [0.5, 0.6) is 11.5 Å². The number of carbonyl (C=O) groups is 8. The summed E-state index contributed by atoms with van der Waals surface area (Å²) in [7, 11) is 1.49. The third-order valence-corrected chi connectivity index (χ3v) is 15.0. The number of ether oxygens (including phenoxy) is 3. The number of amides is 6. The number of nitriles is 1. The number of nitrogens with one attached hydrogen (secondary N) is 8. The first-order chi connectivity index (χ1) is 38.2. The number of benzene rings is 2. The number of piperidine rings is 2. The Morgan fingerprint density at radius 2 is 1.41 bits per heavy atom. The van der Waals surface area contributed by atoms with E-state index in [9.17, 15) is 43.6 Å². The van der Waals surface area contributed by atoms with E-state index >= 15 is 0 Å². The predicted octanol–water partition coefficient (Wildman–Crippen LogP) is 4.74. The van der Waals surface area contributed by atoms with Gasteiger partial charge in [-0.2, -0.15) is 5.26 Å². The van der Waals surface area contributed by atoms with E-state index in [1.807, 2.05) is 52.0 Å². The molecule has 80 heavy (non-hydrogen) atoms. The van der Waals surface area contributed by atoms with Gasteiger partial charge in [0.2, 0.25) is 23.6 Å². The van der Waals surface area contributed by atoms with Crippen molar-refractivity contribution in [2.45, 2.75) is 130 Å². The third kappa shape index (κ3) is 13.5. The second kappa shape index (κ2) is 25.2. The van der Waals surface area contributed by atoms with Crippen molar-refractivity contribution in [3.63, 3.8) is 0 Å². The summed E-state index contributed by atoms with van der Waals surface area (Å²) < 4.78 is 17.1. The molecule has 424 valence electrons. The van der Waals surface area contributed by atoms with Crippen LogP contribution in [0.2, 0.25) is 0 Å². The summed E-state index contributed by atoms with van der Waals surface area (Å²) in [5.41, 5.74) is 4.35. The molecule has 0 aliphatic carbocycles. The maximum absolute atomic E-state index is 14.2. The molecule has 0 radical (unpaired) electrons. The fourth-order valence-electron chi connectivity index (χ4n) is 11.0. The Morgan fingerprint density at radius 3 is 2.05 bits per heavy atom. The van der Waals surface area contributed by atoms with Crippen molar-refractivity contribution < 1.29 is 52.6 Å². The maximum atomic E-state index is 14.2. The molecule has 8 rings (SSSR count). The molecule has 2 aromatic carbocycles. The molecule has 5 aromatic rings. The van der Waals surface area contributed by atoms with Gasteiger partial charge in [0.25, 0.3) is 11.8 Å². The number of rotatable bonds is 22. The lowest BCUT2D eigenvalue weighted by Crippen LogP contribution is -2.54. The minimum Gasteiger partial charge on any atom is -0.496 e. The van der Waals surface area contributed by atoms with Crippen molar-refractivity contribution in [1.29, 1.82) is 5.26 Å². The molecule has 1 unspecified atom stereocenters. The van der Waals surface area contributed by atoms with Crippen LogP contribution in [-0.4, -0.2) is 125 Å². The number of methoxy groups -OCH3 is 1. The van der Waals surface area contributed by atoms with E-state index in [0.29, 0.717) is 72.7 Å². The van der Waals surface area contributed by atoms with Gasteiger partial charge in [0.05, 0.1) is 42.7 Å². The third-order valence-electron chi connectivity index (χ3n) is 15.0. The second-order valence-electron chi connectivity index (χ2n) is 22.1. The second-order valence-corrected chi connectivity index (χ2v) is 22.1. The number of carbonyl (C=O) groups excluding carboxylic acids is 8. The van der Waals surface area contributed by atoms with Crippen LogP contribution in [0.3, 0.4) is 0 Å². The first-order valence-corrected chi connectivity index (χ1v) is 27.4. The van der Waals surface area contributed by atoms with Crippen molar-refractivity contribution in [2.24, 2.45) is 23.7 Å². The minimum atomic E-state index is -1.24. The molecule has 22 heteroatoms. The highest BCUT2D eigenvalue weighted by Crippen LogP contribution is 2.37. The Balaban J connectivity index is 0.928. The van der Waals surface area contributed by atoms with Gasteiger partial charge >= 0.3 is 5.97 Å². The Labute approximate surface area is 463 Å². The van der Waals surface area contributed by atoms with E-state index in [0.717, 1.165) is 34.2 Å². The zero-order chi connectivity index (χ0) is 57.5. The van der Waals surface area contributed by atoms with Crippen LogP contribution >= 0.6 is 0 Å². The van der Waals surface area contributed by atoms with Gasteiger partial charge in [0, 0.05) is 53.6 Å². The molecule has 0 spiro atoms. The molecule has 8 N–H and O–H groups in total. The van der Waals surface area contributed by atoms with Gasteiger partial charge in [-0.15, -0.1) is 0 Å². The monoisotopic (exact) mass is 1100 g/mol. The van der Waals surface area contributed by atoms with Gasteiger partial charge in [0.1, 0.15) is 52.4 Å². The molecule has 6 heterocycles. The molecule has 0 bridgehead atoms. The Kier molecular flexibility index (Phi) is 18.2. The Morgan fingerprint density at radius 1 is 0.775 bits per heavy atom. The molecular formula is C58H71N11O11. The number of aromatic amines is 2. The molecule has 3 aliphatic heterocycles. The average molecular weight is 1100 g/mol. The van der Waals surface area contributed by atoms with Crippen molar-refractivity contribution in [2.75, 3.05) is 33.4 Å². The van der Waals surface area contributed by atoms with Gasteiger partial charge in [-0.3, -0.25) is 33.6 Å². The van der Waals surface area contributed by atoms with Crippen molar-refractivity contribution >= 4 is 69.0 Å². The highest BCUT2D eigenvalue weighted by molar-refractivity contribution is 6.04. The summed E-state index contributed by atoms with van der Waals surface area (Å²) in [6, 6.07) is 8.56. The number of aryl methyl sites for hydroxylation is 3. The topological polar surface area (TPSA) is 318 Å². The van der Waals surface area contributed by atoms with Crippen LogP contribution in [0, 0.1) is 55.8 Å². The Bertz CT molecular complexity index is 3240. The van der Waals surface area contributed by atoms with Gasteiger partial charge in [-0.25, -0.2) is 14.8 Å². The van der Waals surface area contributed by atoms with E-state index in [-0.39, 0.29) is 72.3 Å². The van der Waals surface area contributed by atoms with Gasteiger partial charge in [-0.1, -0.05) is 33.8 Å². The predicted molar refractivity (Wildman–Crippen MR) is 294 cm³/mol. The molecule has 0 saturated carbocycles. The summed E-state index contributed by atoms with van der Waals surface area (Å²) in [4.78, 5) is 124.